The third kappa shape index (κ3) is 6.62. The zero-order chi connectivity index (χ0) is 24.8. The van der Waals surface area contributed by atoms with Gasteiger partial charge in [-0.05, 0) is 47.9 Å². The minimum Gasteiger partial charge on any atom is -0.353 e. The first-order valence-electron chi connectivity index (χ1n) is 13.3. The average Bonchev–Trinajstić information content (AvgIpc) is 2.87. The van der Waals surface area contributed by atoms with Crippen molar-refractivity contribution in [1.82, 2.24) is 15.5 Å². The molecule has 0 bridgehead atoms. The fourth-order valence-electron chi connectivity index (χ4n) is 5.43. The summed E-state index contributed by atoms with van der Waals surface area (Å²) in [7, 11) is 0. The third-order valence-electron chi connectivity index (χ3n) is 7.48. The van der Waals surface area contributed by atoms with Crippen molar-refractivity contribution in [1.29, 1.82) is 0 Å². The summed E-state index contributed by atoms with van der Waals surface area (Å²) in [6, 6.07) is 13.8. The summed E-state index contributed by atoms with van der Waals surface area (Å²) in [6.07, 6.45) is 7.56. The molecule has 1 aliphatic carbocycles. The molecule has 4 rings (SSSR count). The molecule has 6 heteroatoms. The van der Waals surface area contributed by atoms with Crippen LogP contribution in [0.3, 0.4) is 0 Å². The van der Waals surface area contributed by atoms with Crippen LogP contribution in [0.15, 0.2) is 42.5 Å². The molecular formula is C29H39N3O3. The molecule has 1 saturated carbocycles. The van der Waals surface area contributed by atoms with Gasteiger partial charge >= 0.3 is 0 Å². The van der Waals surface area contributed by atoms with Crippen molar-refractivity contribution in [2.24, 2.45) is 11.8 Å². The zero-order valence-corrected chi connectivity index (χ0v) is 21.1. The number of hydrogen-bond donors (Lipinski definition) is 2. The lowest BCUT2D eigenvalue weighted by molar-refractivity contribution is -0.141. The van der Waals surface area contributed by atoms with Crippen LogP contribution in [-0.4, -0.2) is 47.8 Å². The molecule has 2 fully saturated rings. The molecule has 2 aromatic rings. The van der Waals surface area contributed by atoms with Crippen LogP contribution in [0.2, 0.25) is 0 Å². The molecule has 2 N–H and O–H groups in total. The summed E-state index contributed by atoms with van der Waals surface area (Å²) in [5.74, 6) is -0.371. The Labute approximate surface area is 208 Å². The maximum Gasteiger partial charge on any atom is 0.245 e. The summed E-state index contributed by atoms with van der Waals surface area (Å²) in [5, 5.41) is 8.45. The highest BCUT2D eigenvalue weighted by Gasteiger charge is 2.34. The Morgan fingerprint density at radius 2 is 1.69 bits per heavy atom. The Balaban J connectivity index is 1.35. The van der Waals surface area contributed by atoms with Gasteiger partial charge in [-0.2, -0.15) is 0 Å². The summed E-state index contributed by atoms with van der Waals surface area (Å²) in [4.78, 5) is 41.0. The zero-order valence-electron chi connectivity index (χ0n) is 21.1. The highest BCUT2D eigenvalue weighted by atomic mass is 16.2. The van der Waals surface area contributed by atoms with Crippen LogP contribution in [0.1, 0.15) is 64.4 Å². The van der Waals surface area contributed by atoms with E-state index in [-0.39, 0.29) is 42.0 Å². The molecule has 1 aliphatic heterocycles. The molecule has 35 heavy (non-hydrogen) atoms. The Kier molecular flexibility index (Phi) is 8.42. The van der Waals surface area contributed by atoms with Crippen LogP contribution < -0.4 is 10.6 Å². The lowest BCUT2D eigenvalue weighted by atomic mass is 9.92. The van der Waals surface area contributed by atoms with Crippen molar-refractivity contribution in [2.45, 2.75) is 77.3 Å². The average molecular weight is 478 g/mol. The minimum atomic E-state index is -0.594. The van der Waals surface area contributed by atoms with Gasteiger partial charge in [0.2, 0.25) is 17.7 Å². The molecule has 2 atom stereocenters. The highest BCUT2D eigenvalue weighted by Crippen LogP contribution is 2.22. The fraction of sp³-hybridized carbons (Fsp3) is 0.552. The second kappa shape index (κ2) is 11.7. The number of fused-ring (bicyclic) bond motifs is 1. The molecule has 0 unspecified atom stereocenters. The van der Waals surface area contributed by atoms with Gasteiger partial charge in [-0.3, -0.25) is 14.4 Å². The van der Waals surface area contributed by atoms with Crippen molar-refractivity contribution >= 4 is 28.5 Å². The molecule has 188 valence electrons. The van der Waals surface area contributed by atoms with E-state index < -0.39 is 6.04 Å². The molecule has 1 heterocycles. The van der Waals surface area contributed by atoms with E-state index in [9.17, 15) is 14.4 Å². The van der Waals surface area contributed by atoms with E-state index in [1.807, 2.05) is 56.3 Å². The van der Waals surface area contributed by atoms with Crippen molar-refractivity contribution in [3.05, 3.63) is 48.0 Å². The summed E-state index contributed by atoms with van der Waals surface area (Å²) >= 11 is 0. The second-order valence-electron chi connectivity index (χ2n) is 10.6. The lowest BCUT2D eigenvalue weighted by Crippen LogP contribution is -2.55. The van der Waals surface area contributed by atoms with Crippen molar-refractivity contribution in [3.8, 4) is 0 Å². The topological polar surface area (TPSA) is 78.5 Å². The number of rotatable bonds is 7. The SMILES string of the molecule is CC(C)[C@@H](NC(=O)Cc1ccc2ccccc2c1)C(=O)N1CCC[C@@H](C(=O)NC2CCCCC2)C1. The van der Waals surface area contributed by atoms with Crippen molar-refractivity contribution in [3.63, 3.8) is 0 Å². The van der Waals surface area contributed by atoms with Crippen molar-refractivity contribution in [2.75, 3.05) is 13.1 Å². The van der Waals surface area contributed by atoms with Crippen LogP contribution in [0.4, 0.5) is 0 Å². The number of likely N-dealkylation sites (tertiary alicyclic amines) is 1. The molecular weight excluding hydrogens is 438 g/mol. The van der Waals surface area contributed by atoms with E-state index in [1.54, 1.807) is 4.90 Å². The molecule has 6 nitrogen and oxygen atoms in total. The molecule has 0 spiro atoms. The first-order valence-corrected chi connectivity index (χ1v) is 13.3. The number of benzene rings is 2. The molecule has 0 aromatic heterocycles. The van der Waals surface area contributed by atoms with Gasteiger partial charge < -0.3 is 15.5 Å². The summed E-state index contributed by atoms with van der Waals surface area (Å²) in [5.41, 5.74) is 0.925. The van der Waals surface area contributed by atoms with Gasteiger partial charge in [-0.1, -0.05) is 75.6 Å². The van der Waals surface area contributed by atoms with Crippen LogP contribution in [-0.2, 0) is 20.8 Å². The monoisotopic (exact) mass is 477 g/mol. The molecule has 3 amide bonds. The molecule has 2 aliphatic rings. The molecule has 1 saturated heterocycles. The van der Waals surface area contributed by atoms with Gasteiger partial charge in [-0.15, -0.1) is 0 Å². The van der Waals surface area contributed by atoms with Crippen LogP contribution >= 0.6 is 0 Å². The standard InChI is InChI=1S/C29H39N3O3/c1-20(2)27(31-26(33)18-21-14-15-22-9-6-7-10-23(22)17-21)29(35)32-16-8-11-24(19-32)28(34)30-25-12-4-3-5-13-25/h6-7,9-10,14-15,17,20,24-25,27H,3-5,8,11-13,16,18-19H2,1-2H3,(H,30,34)(H,31,33)/t24-,27-/m1/s1. The van der Waals surface area contributed by atoms with E-state index in [4.69, 9.17) is 0 Å². The maximum atomic E-state index is 13.4. The number of amides is 3. The third-order valence-corrected chi connectivity index (χ3v) is 7.48. The number of carbonyl (C=O) groups excluding carboxylic acids is 3. The predicted molar refractivity (Wildman–Crippen MR) is 139 cm³/mol. The Hall–Kier alpha value is -2.89. The summed E-state index contributed by atoms with van der Waals surface area (Å²) in [6.45, 7) is 4.98. The normalized spacial score (nSPS) is 20.0. The summed E-state index contributed by atoms with van der Waals surface area (Å²) < 4.78 is 0. The Morgan fingerprint density at radius 1 is 0.943 bits per heavy atom. The quantitative estimate of drug-likeness (QED) is 0.627. The number of carbonyl (C=O) groups is 3. The smallest absolute Gasteiger partial charge is 0.245 e. The largest absolute Gasteiger partial charge is 0.353 e. The second-order valence-corrected chi connectivity index (χ2v) is 10.6. The fourth-order valence-corrected chi connectivity index (χ4v) is 5.43. The van der Waals surface area contributed by atoms with Gasteiger partial charge in [0, 0.05) is 19.1 Å². The Morgan fingerprint density at radius 3 is 2.43 bits per heavy atom. The van der Waals surface area contributed by atoms with Gasteiger partial charge in [0.05, 0.1) is 12.3 Å². The minimum absolute atomic E-state index is 0.0421. The first-order chi connectivity index (χ1) is 16.9. The van der Waals surface area contributed by atoms with E-state index in [2.05, 4.69) is 10.6 Å². The number of nitrogens with one attached hydrogen (secondary N) is 2. The van der Waals surface area contributed by atoms with E-state index >= 15 is 0 Å². The van der Waals surface area contributed by atoms with Gasteiger partial charge in [0.1, 0.15) is 6.04 Å². The van der Waals surface area contributed by atoms with Crippen molar-refractivity contribution < 1.29 is 14.4 Å². The maximum absolute atomic E-state index is 13.4. The van der Waals surface area contributed by atoms with E-state index in [0.717, 1.165) is 42.0 Å². The van der Waals surface area contributed by atoms with E-state index in [1.165, 1.54) is 19.3 Å². The number of piperidine rings is 1. The molecule has 0 radical (unpaired) electrons. The lowest BCUT2D eigenvalue weighted by Gasteiger charge is -2.36. The van der Waals surface area contributed by atoms with Crippen LogP contribution in [0.25, 0.3) is 10.8 Å². The first kappa shape index (κ1) is 25.2. The van der Waals surface area contributed by atoms with Crippen LogP contribution in [0.5, 0.6) is 0 Å². The molecule has 2 aromatic carbocycles. The number of nitrogens with zero attached hydrogens (tertiary/aromatic N) is 1. The van der Waals surface area contributed by atoms with Crippen LogP contribution in [0, 0.1) is 11.8 Å². The van der Waals surface area contributed by atoms with Gasteiger partial charge in [0.25, 0.3) is 0 Å². The predicted octanol–water partition coefficient (Wildman–Crippen LogP) is 4.21. The van der Waals surface area contributed by atoms with E-state index in [0.29, 0.717) is 13.1 Å². The van der Waals surface area contributed by atoms with Gasteiger partial charge in [-0.25, -0.2) is 0 Å². The van der Waals surface area contributed by atoms with Gasteiger partial charge in [0.15, 0.2) is 0 Å². The highest BCUT2D eigenvalue weighted by molar-refractivity contribution is 5.90. The Bertz CT molecular complexity index is 1040. The number of hydrogen-bond acceptors (Lipinski definition) is 3.